The van der Waals surface area contributed by atoms with Gasteiger partial charge in [0.15, 0.2) is 5.15 Å². The third kappa shape index (κ3) is 0.952. The normalized spacial score (nSPS) is 10.7. The van der Waals surface area contributed by atoms with Gasteiger partial charge < -0.3 is 0 Å². The van der Waals surface area contributed by atoms with E-state index in [1.165, 1.54) is 11.0 Å². The van der Waals surface area contributed by atoms with E-state index in [-0.39, 0.29) is 0 Å². The highest BCUT2D eigenvalue weighted by molar-refractivity contribution is 6.32. The molecule has 5 heteroatoms. The van der Waals surface area contributed by atoms with Gasteiger partial charge in [-0.15, -0.1) is 9.73 Å². The van der Waals surface area contributed by atoms with Crippen LogP contribution in [0.4, 0.5) is 0 Å². The van der Waals surface area contributed by atoms with Crippen LogP contribution < -0.4 is 0 Å². The average molecular weight is 169 g/mol. The number of aromatic nitrogens is 4. The lowest BCUT2D eigenvalue weighted by Crippen LogP contribution is -1.94. The first kappa shape index (κ1) is 6.54. The highest BCUT2D eigenvalue weighted by Crippen LogP contribution is 2.12. The van der Waals surface area contributed by atoms with Gasteiger partial charge in [0.2, 0.25) is 0 Å². The molecule has 0 bridgehead atoms. The second kappa shape index (κ2) is 2.17. The van der Waals surface area contributed by atoms with E-state index in [0.717, 1.165) is 11.2 Å². The van der Waals surface area contributed by atoms with E-state index in [2.05, 4.69) is 15.2 Å². The fourth-order valence-electron chi connectivity index (χ4n) is 0.909. The molecule has 2 heterocycles. The minimum Gasteiger partial charge on any atom is -0.220 e. The van der Waals surface area contributed by atoms with Crippen molar-refractivity contribution < 1.29 is 0 Å². The Labute approximate surface area is 67.8 Å². The van der Waals surface area contributed by atoms with Crippen LogP contribution in [0.1, 0.15) is 5.69 Å². The van der Waals surface area contributed by atoms with E-state index in [1.54, 1.807) is 0 Å². The zero-order valence-electron chi connectivity index (χ0n) is 5.82. The Kier molecular flexibility index (Phi) is 1.29. The van der Waals surface area contributed by atoms with Crippen molar-refractivity contribution in [3.8, 4) is 0 Å². The molecule has 0 unspecified atom stereocenters. The summed E-state index contributed by atoms with van der Waals surface area (Å²) in [6, 6.07) is 1.84. The molecule has 0 aromatic carbocycles. The summed E-state index contributed by atoms with van der Waals surface area (Å²) in [6.07, 6.45) is 1.38. The molecular formula is C6H5ClN4. The number of fused-ring (bicyclic) bond motifs is 1. The molecule has 2 rings (SSSR count). The Morgan fingerprint density at radius 2 is 2.36 bits per heavy atom. The van der Waals surface area contributed by atoms with Crippen LogP contribution in [0.25, 0.3) is 5.52 Å². The second-order valence-electron chi connectivity index (χ2n) is 2.21. The summed E-state index contributed by atoms with van der Waals surface area (Å²) >= 11 is 5.76. The van der Waals surface area contributed by atoms with Gasteiger partial charge in [-0.1, -0.05) is 11.6 Å². The van der Waals surface area contributed by atoms with Crippen LogP contribution >= 0.6 is 11.6 Å². The predicted molar refractivity (Wildman–Crippen MR) is 40.5 cm³/mol. The molecule has 11 heavy (non-hydrogen) atoms. The lowest BCUT2D eigenvalue weighted by Gasteiger charge is -1.89. The molecule has 0 fully saturated rings. The van der Waals surface area contributed by atoms with Crippen LogP contribution in [0, 0.1) is 6.92 Å². The van der Waals surface area contributed by atoms with Crippen LogP contribution in [0.2, 0.25) is 5.15 Å². The monoisotopic (exact) mass is 168 g/mol. The minimum absolute atomic E-state index is 0.431. The number of aryl methyl sites for hydroxylation is 1. The van der Waals surface area contributed by atoms with E-state index in [4.69, 9.17) is 11.6 Å². The molecule has 0 aliphatic heterocycles. The van der Waals surface area contributed by atoms with Crippen molar-refractivity contribution >= 4 is 17.1 Å². The standard InChI is InChI=1S/C6H5ClN4/c1-4-2-5-6(7)8-3-9-11(5)10-4/h2-3H,1H3. The van der Waals surface area contributed by atoms with Gasteiger partial charge in [0, 0.05) is 0 Å². The van der Waals surface area contributed by atoms with E-state index >= 15 is 0 Å². The Morgan fingerprint density at radius 1 is 1.55 bits per heavy atom. The summed E-state index contributed by atoms with van der Waals surface area (Å²) in [4.78, 5) is 3.81. The molecule has 0 saturated heterocycles. The van der Waals surface area contributed by atoms with Crippen molar-refractivity contribution in [1.29, 1.82) is 0 Å². The quantitative estimate of drug-likeness (QED) is 0.592. The maximum absolute atomic E-state index is 5.76. The third-order valence-corrected chi connectivity index (χ3v) is 1.65. The number of rotatable bonds is 0. The van der Waals surface area contributed by atoms with Crippen LogP contribution in [0.15, 0.2) is 12.4 Å². The first-order chi connectivity index (χ1) is 5.27. The van der Waals surface area contributed by atoms with Gasteiger partial charge in [0.05, 0.1) is 5.69 Å². The SMILES string of the molecule is Cc1cc2c(Cl)ncnn2n1. The molecule has 0 radical (unpaired) electrons. The smallest absolute Gasteiger partial charge is 0.158 e. The topological polar surface area (TPSA) is 43.1 Å². The molecule has 0 N–H and O–H groups in total. The van der Waals surface area contributed by atoms with E-state index in [0.29, 0.717) is 5.15 Å². The van der Waals surface area contributed by atoms with Crippen LogP contribution in [-0.4, -0.2) is 19.8 Å². The number of hydrogen-bond acceptors (Lipinski definition) is 3. The highest BCUT2D eigenvalue weighted by Gasteiger charge is 2.02. The van der Waals surface area contributed by atoms with Gasteiger partial charge in [0.1, 0.15) is 11.8 Å². The molecule has 0 atom stereocenters. The van der Waals surface area contributed by atoms with Gasteiger partial charge in [-0.25, -0.2) is 4.98 Å². The van der Waals surface area contributed by atoms with Crippen LogP contribution in [-0.2, 0) is 0 Å². The summed E-state index contributed by atoms with van der Waals surface area (Å²) in [5.74, 6) is 0. The molecule has 0 spiro atoms. The summed E-state index contributed by atoms with van der Waals surface area (Å²) in [5, 5.41) is 8.36. The fourth-order valence-corrected chi connectivity index (χ4v) is 1.08. The van der Waals surface area contributed by atoms with Crippen molar-refractivity contribution in [2.45, 2.75) is 6.92 Å². The van der Waals surface area contributed by atoms with Crippen molar-refractivity contribution in [3.05, 3.63) is 23.2 Å². The van der Waals surface area contributed by atoms with E-state index in [1.807, 2.05) is 13.0 Å². The molecule has 0 saturated carbocycles. The Balaban J connectivity index is 2.90. The van der Waals surface area contributed by atoms with E-state index in [9.17, 15) is 0 Å². The van der Waals surface area contributed by atoms with Crippen molar-refractivity contribution in [1.82, 2.24) is 19.8 Å². The average Bonchev–Trinajstić information content (AvgIpc) is 2.31. The maximum Gasteiger partial charge on any atom is 0.158 e. The lowest BCUT2D eigenvalue weighted by molar-refractivity contribution is 0.770. The van der Waals surface area contributed by atoms with Crippen LogP contribution in [0.3, 0.4) is 0 Å². The summed E-state index contributed by atoms with van der Waals surface area (Å²) in [7, 11) is 0. The molecule has 2 aromatic rings. The number of nitrogens with zero attached hydrogens (tertiary/aromatic N) is 4. The molecule has 0 aliphatic carbocycles. The highest BCUT2D eigenvalue weighted by atomic mass is 35.5. The molecular weight excluding hydrogens is 164 g/mol. The Bertz CT molecular complexity index is 394. The summed E-state index contributed by atoms with van der Waals surface area (Å²) in [5.41, 5.74) is 1.62. The van der Waals surface area contributed by atoms with Gasteiger partial charge in [-0.2, -0.15) is 5.10 Å². The largest absolute Gasteiger partial charge is 0.220 e. The van der Waals surface area contributed by atoms with Gasteiger partial charge in [-0.3, -0.25) is 0 Å². The first-order valence-electron chi connectivity index (χ1n) is 3.10. The Hall–Kier alpha value is -1.16. The summed E-state index contributed by atoms with van der Waals surface area (Å²) in [6.45, 7) is 1.88. The third-order valence-electron chi connectivity index (χ3n) is 1.36. The van der Waals surface area contributed by atoms with Gasteiger partial charge in [0.25, 0.3) is 0 Å². The predicted octanol–water partition coefficient (Wildman–Crippen LogP) is 1.09. The van der Waals surface area contributed by atoms with E-state index < -0.39 is 0 Å². The molecule has 0 amide bonds. The van der Waals surface area contributed by atoms with Crippen molar-refractivity contribution in [3.63, 3.8) is 0 Å². The summed E-state index contributed by atoms with van der Waals surface area (Å²) < 4.78 is 1.46. The zero-order chi connectivity index (χ0) is 7.84. The fraction of sp³-hybridized carbons (Fsp3) is 0.167. The van der Waals surface area contributed by atoms with Gasteiger partial charge >= 0.3 is 0 Å². The zero-order valence-corrected chi connectivity index (χ0v) is 6.58. The van der Waals surface area contributed by atoms with Crippen molar-refractivity contribution in [2.24, 2.45) is 0 Å². The second-order valence-corrected chi connectivity index (χ2v) is 2.57. The van der Waals surface area contributed by atoms with Crippen molar-refractivity contribution in [2.75, 3.05) is 0 Å². The van der Waals surface area contributed by atoms with Crippen LogP contribution in [0.5, 0.6) is 0 Å². The maximum atomic E-state index is 5.76. The molecule has 2 aromatic heterocycles. The minimum atomic E-state index is 0.431. The Morgan fingerprint density at radius 3 is 3.09 bits per heavy atom. The van der Waals surface area contributed by atoms with Gasteiger partial charge in [-0.05, 0) is 13.0 Å². The molecule has 4 nitrogen and oxygen atoms in total. The number of halogens is 1. The number of hydrogen-bond donors (Lipinski definition) is 0. The first-order valence-corrected chi connectivity index (χ1v) is 3.48. The molecule has 56 valence electrons. The molecule has 0 aliphatic rings. The lowest BCUT2D eigenvalue weighted by atomic mass is 10.4.